The third-order valence-corrected chi connectivity index (χ3v) is 4.56. The van der Waals surface area contributed by atoms with Crippen LogP contribution in [0.25, 0.3) is 0 Å². The van der Waals surface area contributed by atoms with E-state index in [1.807, 2.05) is 29.2 Å². The van der Waals surface area contributed by atoms with E-state index in [2.05, 4.69) is 18.7 Å². The highest BCUT2D eigenvalue weighted by atomic mass is 16.6. The van der Waals surface area contributed by atoms with E-state index in [0.29, 0.717) is 13.2 Å². The smallest absolute Gasteiger partial charge is 0.410 e. The van der Waals surface area contributed by atoms with Crippen LogP contribution in [0.5, 0.6) is 0 Å². The van der Waals surface area contributed by atoms with Crippen molar-refractivity contribution in [3.8, 4) is 0 Å². The standard InChI is InChI=1S/C18H23NO3/c1-2-3-9-15-10-11-17(16-13-22-18(20)19(15)16)21-12-14-7-5-4-6-8-14/h2,4-8,15-17H,1,3,9-13H2/t15-,16-,17+/m0/s1. The van der Waals surface area contributed by atoms with Crippen molar-refractivity contribution >= 4 is 6.09 Å². The zero-order valence-electron chi connectivity index (χ0n) is 12.8. The lowest BCUT2D eigenvalue weighted by Crippen LogP contribution is -2.53. The number of allylic oxidation sites excluding steroid dienone is 1. The second kappa shape index (κ2) is 6.97. The maximum absolute atomic E-state index is 12.0. The maximum Gasteiger partial charge on any atom is 0.410 e. The van der Waals surface area contributed by atoms with Crippen LogP contribution in [0.3, 0.4) is 0 Å². The molecule has 0 spiro atoms. The number of ether oxygens (including phenoxy) is 2. The molecule has 0 bridgehead atoms. The van der Waals surface area contributed by atoms with Gasteiger partial charge >= 0.3 is 6.09 Å². The lowest BCUT2D eigenvalue weighted by atomic mass is 9.91. The molecule has 1 amide bonds. The Balaban J connectivity index is 1.62. The van der Waals surface area contributed by atoms with Crippen molar-refractivity contribution in [3.63, 3.8) is 0 Å². The highest BCUT2D eigenvalue weighted by molar-refractivity contribution is 5.71. The van der Waals surface area contributed by atoms with Crippen LogP contribution in [0.1, 0.15) is 31.2 Å². The summed E-state index contributed by atoms with van der Waals surface area (Å²) in [4.78, 5) is 13.9. The second-order valence-corrected chi connectivity index (χ2v) is 5.98. The summed E-state index contributed by atoms with van der Waals surface area (Å²) in [6.45, 7) is 4.80. The van der Waals surface area contributed by atoms with Crippen LogP contribution in [0.4, 0.5) is 4.79 Å². The molecule has 0 aliphatic carbocycles. The first-order valence-corrected chi connectivity index (χ1v) is 8.01. The molecule has 0 unspecified atom stereocenters. The molecule has 2 heterocycles. The van der Waals surface area contributed by atoms with Gasteiger partial charge in [-0.2, -0.15) is 0 Å². The maximum atomic E-state index is 12.0. The van der Waals surface area contributed by atoms with E-state index in [1.54, 1.807) is 0 Å². The van der Waals surface area contributed by atoms with Gasteiger partial charge in [0.15, 0.2) is 0 Å². The number of piperidine rings is 1. The van der Waals surface area contributed by atoms with Crippen molar-refractivity contribution in [2.24, 2.45) is 0 Å². The number of hydrogen-bond donors (Lipinski definition) is 0. The highest BCUT2D eigenvalue weighted by Gasteiger charge is 2.45. The van der Waals surface area contributed by atoms with E-state index in [0.717, 1.165) is 31.2 Å². The number of hydrogen-bond acceptors (Lipinski definition) is 3. The number of fused-ring (bicyclic) bond motifs is 1. The highest BCUT2D eigenvalue weighted by Crippen LogP contribution is 2.33. The Bertz CT molecular complexity index is 516. The Hall–Kier alpha value is -1.81. The minimum Gasteiger partial charge on any atom is -0.447 e. The first kappa shape index (κ1) is 15.1. The lowest BCUT2D eigenvalue weighted by molar-refractivity contribution is -0.0432. The van der Waals surface area contributed by atoms with E-state index in [1.165, 1.54) is 0 Å². The molecule has 2 fully saturated rings. The number of benzene rings is 1. The van der Waals surface area contributed by atoms with Crippen LogP contribution in [0.15, 0.2) is 43.0 Å². The van der Waals surface area contributed by atoms with Crippen molar-refractivity contribution in [1.82, 2.24) is 4.90 Å². The minimum absolute atomic E-state index is 0.0553. The molecule has 4 heteroatoms. The molecule has 1 aromatic carbocycles. The van der Waals surface area contributed by atoms with E-state index >= 15 is 0 Å². The molecule has 118 valence electrons. The van der Waals surface area contributed by atoms with Crippen LogP contribution < -0.4 is 0 Å². The topological polar surface area (TPSA) is 38.8 Å². The van der Waals surface area contributed by atoms with E-state index in [4.69, 9.17) is 9.47 Å². The van der Waals surface area contributed by atoms with Gasteiger partial charge in [-0.05, 0) is 31.2 Å². The molecule has 0 saturated carbocycles. The Morgan fingerprint density at radius 2 is 2.14 bits per heavy atom. The molecule has 2 aliphatic rings. The number of cyclic esters (lactones) is 1. The van der Waals surface area contributed by atoms with Gasteiger partial charge in [-0.15, -0.1) is 6.58 Å². The molecule has 3 atom stereocenters. The Morgan fingerprint density at radius 1 is 1.32 bits per heavy atom. The van der Waals surface area contributed by atoms with Crippen LogP contribution in [0, 0.1) is 0 Å². The van der Waals surface area contributed by atoms with Crippen LogP contribution >= 0.6 is 0 Å². The van der Waals surface area contributed by atoms with Crippen molar-refractivity contribution in [2.45, 2.75) is 50.5 Å². The lowest BCUT2D eigenvalue weighted by Gasteiger charge is -2.40. The summed E-state index contributed by atoms with van der Waals surface area (Å²) in [6, 6.07) is 10.5. The van der Waals surface area contributed by atoms with E-state index in [9.17, 15) is 4.79 Å². The van der Waals surface area contributed by atoms with E-state index < -0.39 is 0 Å². The fraction of sp³-hybridized carbons (Fsp3) is 0.500. The summed E-state index contributed by atoms with van der Waals surface area (Å²) in [5.41, 5.74) is 1.16. The summed E-state index contributed by atoms with van der Waals surface area (Å²) in [7, 11) is 0. The molecule has 0 radical (unpaired) electrons. The normalized spacial score (nSPS) is 27.4. The van der Waals surface area contributed by atoms with Gasteiger partial charge in [-0.25, -0.2) is 4.79 Å². The number of carbonyl (C=O) groups is 1. The van der Waals surface area contributed by atoms with Gasteiger partial charge in [0.25, 0.3) is 0 Å². The number of nitrogens with zero attached hydrogens (tertiary/aromatic N) is 1. The fourth-order valence-electron chi connectivity index (χ4n) is 3.41. The molecule has 1 aromatic rings. The van der Waals surface area contributed by atoms with Crippen molar-refractivity contribution in [1.29, 1.82) is 0 Å². The molecular formula is C18H23NO3. The third kappa shape index (κ3) is 3.17. The van der Waals surface area contributed by atoms with Crippen LogP contribution in [0.2, 0.25) is 0 Å². The van der Waals surface area contributed by atoms with Crippen molar-refractivity contribution < 1.29 is 14.3 Å². The Morgan fingerprint density at radius 3 is 2.91 bits per heavy atom. The summed E-state index contributed by atoms with van der Waals surface area (Å²) >= 11 is 0. The quantitative estimate of drug-likeness (QED) is 0.755. The molecule has 2 saturated heterocycles. The van der Waals surface area contributed by atoms with Crippen LogP contribution in [-0.2, 0) is 16.1 Å². The molecule has 0 N–H and O–H groups in total. The molecule has 22 heavy (non-hydrogen) atoms. The number of carbonyl (C=O) groups excluding carboxylic acids is 1. The van der Waals surface area contributed by atoms with Gasteiger partial charge in [-0.3, -0.25) is 4.90 Å². The average molecular weight is 301 g/mol. The van der Waals surface area contributed by atoms with Gasteiger partial charge in [0.05, 0.1) is 18.8 Å². The molecule has 4 nitrogen and oxygen atoms in total. The second-order valence-electron chi connectivity index (χ2n) is 5.98. The largest absolute Gasteiger partial charge is 0.447 e. The Kier molecular flexibility index (Phi) is 4.78. The Labute approximate surface area is 131 Å². The summed E-state index contributed by atoms with van der Waals surface area (Å²) in [6.07, 6.45) is 5.62. The first-order chi connectivity index (χ1) is 10.8. The first-order valence-electron chi connectivity index (χ1n) is 8.01. The molecule has 2 aliphatic heterocycles. The predicted molar refractivity (Wildman–Crippen MR) is 84.4 cm³/mol. The van der Waals surface area contributed by atoms with Gasteiger partial charge in [0, 0.05) is 6.04 Å². The van der Waals surface area contributed by atoms with Gasteiger partial charge in [0.1, 0.15) is 6.61 Å². The van der Waals surface area contributed by atoms with Gasteiger partial charge in [0.2, 0.25) is 0 Å². The fourth-order valence-corrected chi connectivity index (χ4v) is 3.41. The van der Waals surface area contributed by atoms with Gasteiger partial charge < -0.3 is 9.47 Å². The summed E-state index contributed by atoms with van der Waals surface area (Å²) in [5.74, 6) is 0. The zero-order chi connectivity index (χ0) is 15.4. The molecule has 0 aromatic heterocycles. The molecular weight excluding hydrogens is 278 g/mol. The zero-order valence-corrected chi connectivity index (χ0v) is 12.8. The van der Waals surface area contributed by atoms with E-state index in [-0.39, 0.29) is 24.3 Å². The average Bonchev–Trinajstić information content (AvgIpc) is 2.95. The summed E-state index contributed by atoms with van der Waals surface area (Å²) < 4.78 is 11.4. The van der Waals surface area contributed by atoms with Crippen molar-refractivity contribution in [3.05, 3.63) is 48.6 Å². The number of amides is 1. The predicted octanol–water partition coefficient (Wildman–Crippen LogP) is 3.52. The molecule has 3 rings (SSSR count). The third-order valence-electron chi connectivity index (χ3n) is 4.56. The van der Waals surface area contributed by atoms with Crippen LogP contribution in [-0.4, -0.2) is 35.8 Å². The monoisotopic (exact) mass is 301 g/mol. The number of rotatable bonds is 6. The van der Waals surface area contributed by atoms with Crippen molar-refractivity contribution in [2.75, 3.05) is 6.61 Å². The minimum atomic E-state index is -0.188. The summed E-state index contributed by atoms with van der Waals surface area (Å²) in [5, 5.41) is 0. The SMILES string of the molecule is C=CCC[C@H]1CC[C@@H](OCc2ccccc2)[C@@H]2COC(=O)N12. The van der Waals surface area contributed by atoms with Gasteiger partial charge in [-0.1, -0.05) is 36.4 Å².